The zero-order valence-corrected chi connectivity index (χ0v) is 18.2. The first kappa shape index (κ1) is 20.5. The van der Waals surface area contributed by atoms with E-state index in [1.54, 1.807) is 0 Å². The minimum absolute atomic E-state index is 0.00275. The molecule has 1 aliphatic heterocycles. The van der Waals surface area contributed by atoms with Crippen LogP contribution in [0.5, 0.6) is 0 Å². The van der Waals surface area contributed by atoms with Gasteiger partial charge < -0.3 is 9.84 Å². The van der Waals surface area contributed by atoms with E-state index in [4.69, 9.17) is 9.73 Å². The Hall–Kier alpha value is -2.20. The van der Waals surface area contributed by atoms with Gasteiger partial charge in [0.05, 0.1) is 18.9 Å². The summed E-state index contributed by atoms with van der Waals surface area (Å²) < 4.78 is 4.95. The average molecular weight is 396 g/mol. The van der Waals surface area contributed by atoms with Crippen molar-refractivity contribution in [1.29, 1.82) is 0 Å². The number of ether oxygens (including phenoxy) is 1. The van der Waals surface area contributed by atoms with E-state index < -0.39 is 0 Å². The maximum absolute atomic E-state index is 10.2. The Morgan fingerprint density at radius 2 is 1.93 bits per heavy atom. The van der Waals surface area contributed by atoms with Crippen LogP contribution >= 0.6 is 12.6 Å². The standard InChI is InChI=1S/C24H29NO2S/c1-14-21(11-16(26)13-27-6)25-23(15(2)28)19-12-20(24(3,4)5)17-9-7-8-10-18(17)22(14)19/h7-10,12-14,21,26,28H,2,11H2,1,3-6H3/b16-13-. The van der Waals surface area contributed by atoms with Gasteiger partial charge in [-0.3, -0.25) is 4.99 Å². The summed E-state index contributed by atoms with van der Waals surface area (Å²) in [5, 5.41) is 12.7. The predicted molar refractivity (Wildman–Crippen MR) is 122 cm³/mol. The largest absolute Gasteiger partial charge is 0.509 e. The van der Waals surface area contributed by atoms with Crippen molar-refractivity contribution in [3.63, 3.8) is 0 Å². The summed E-state index contributed by atoms with van der Waals surface area (Å²) in [6, 6.07) is 10.7. The lowest BCUT2D eigenvalue weighted by Crippen LogP contribution is -2.27. The summed E-state index contributed by atoms with van der Waals surface area (Å²) in [5.74, 6) is 0.323. The summed E-state index contributed by atoms with van der Waals surface area (Å²) in [6.45, 7) is 12.9. The normalized spacial score (nSPS) is 19.9. The molecule has 0 bridgehead atoms. The Morgan fingerprint density at radius 3 is 2.50 bits per heavy atom. The molecule has 0 saturated heterocycles. The molecule has 3 rings (SSSR count). The van der Waals surface area contributed by atoms with Crippen LogP contribution in [-0.2, 0) is 10.2 Å². The molecule has 0 aromatic heterocycles. The maximum Gasteiger partial charge on any atom is 0.129 e. The molecule has 2 aromatic rings. The first-order chi connectivity index (χ1) is 13.1. The molecule has 0 spiro atoms. The first-order valence-corrected chi connectivity index (χ1v) is 10.0. The number of aliphatic imine (C=N–C) groups is 1. The van der Waals surface area contributed by atoms with Crippen LogP contribution in [0.2, 0.25) is 0 Å². The lowest BCUT2D eigenvalue weighted by Gasteiger charge is -2.33. The molecule has 0 aliphatic carbocycles. The van der Waals surface area contributed by atoms with Crippen LogP contribution in [0.4, 0.5) is 0 Å². The topological polar surface area (TPSA) is 41.8 Å². The van der Waals surface area contributed by atoms with Gasteiger partial charge in [-0.1, -0.05) is 58.5 Å². The fourth-order valence-electron chi connectivity index (χ4n) is 4.10. The van der Waals surface area contributed by atoms with Crippen molar-refractivity contribution in [1.82, 2.24) is 0 Å². The van der Waals surface area contributed by atoms with Gasteiger partial charge in [0.25, 0.3) is 0 Å². The molecule has 0 amide bonds. The molecule has 28 heavy (non-hydrogen) atoms. The smallest absolute Gasteiger partial charge is 0.129 e. The molecule has 2 unspecified atom stereocenters. The molecule has 2 atom stereocenters. The highest BCUT2D eigenvalue weighted by molar-refractivity contribution is 7.85. The van der Waals surface area contributed by atoms with Crippen LogP contribution in [0.15, 0.2) is 58.8 Å². The van der Waals surface area contributed by atoms with Crippen molar-refractivity contribution in [2.45, 2.75) is 51.5 Å². The van der Waals surface area contributed by atoms with Gasteiger partial charge in [-0.25, -0.2) is 0 Å². The molecule has 2 aromatic carbocycles. The Balaban J connectivity index is 2.30. The number of fused-ring (bicyclic) bond motifs is 3. The monoisotopic (exact) mass is 395 g/mol. The van der Waals surface area contributed by atoms with E-state index in [1.807, 2.05) is 0 Å². The van der Waals surface area contributed by atoms with Crippen LogP contribution in [0.1, 0.15) is 56.7 Å². The van der Waals surface area contributed by atoms with Crippen molar-refractivity contribution >= 4 is 29.1 Å². The van der Waals surface area contributed by atoms with Crippen molar-refractivity contribution in [3.8, 4) is 0 Å². The molecule has 0 fully saturated rings. The van der Waals surface area contributed by atoms with E-state index in [0.29, 0.717) is 11.3 Å². The van der Waals surface area contributed by atoms with Gasteiger partial charge in [0.15, 0.2) is 0 Å². The third-order valence-electron chi connectivity index (χ3n) is 5.42. The third-order valence-corrected chi connectivity index (χ3v) is 5.63. The number of thiol groups is 1. The summed E-state index contributed by atoms with van der Waals surface area (Å²) in [4.78, 5) is 5.58. The molecule has 4 heteroatoms. The van der Waals surface area contributed by atoms with E-state index >= 15 is 0 Å². The number of methoxy groups -OCH3 is 1. The van der Waals surface area contributed by atoms with Gasteiger partial charge >= 0.3 is 0 Å². The summed E-state index contributed by atoms with van der Waals surface area (Å²) in [6.07, 6.45) is 1.78. The number of aliphatic hydroxyl groups excluding tert-OH is 1. The van der Waals surface area contributed by atoms with Gasteiger partial charge in [0.2, 0.25) is 0 Å². The highest BCUT2D eigenvalue weighted by Crippen LogP contribution is 2.42. The number of benzene rings is 2. The van der Waals surface area contributed by atoms with Crippen LogP contribution in [0.3, 0.4) is 0 Å². The number of nitrogens with zero attached hydrogens (tertiary/aromatic N) is 1. The summed E-state index contributed by atoms with van der Waals surface area (Å²) in [7, 11) is 1.53. The highest BCUT2D eigenvalue weighted by atomic mass is 32.1. The quantitative estimate of drug-likeness (QED) is 0.472. The van der Waals surface area contributed by atoms with Gasteiger partial charge in [-0.15, -0.1) is 12.6 Å². The Bertz CT molecular complexity index is 982. The van der Waals surface area contributed by atoms with Gasteiger partial charge in [-0.05, 0) is 33.4 Å². The fraction of sp³-hybridized carbons (Fsp3) is 0.375. The summed E-state index contributed by atoms with van der Waals surface area (Å²) in [5.41, 5.74) is 4.44. The Morgan fingerprint density at radius 1 is 1.29 bits per heavy atom. The minimum Gasteiger partial charge on any atom is -0.509 e. The zero-order chi connectivity index (χ0) is 20.6. The average Bonchev–Trinajstić information content (AvgIpc) is 2.62. The van der Waals surface area contributed by atoms with Crippen molar-refractivity contribution in [2.75, 3.05) is 7.11 Å². The van der Waals surface area contributed by atoms with Crippen molar-refractivity contribution in [3.05, 3.63) is 70.5 Å². The number of hydrogen-bond acceptors (Lipinski definition) is 4. The van der Waals surface area contributed by atoms with Gasteiger partial charge in [0, 0.05) is 22.8 Å². The lowest BCUT2D eigenvalue weighted by atomic mass is 9.75. The SMILES string of the molecule is C=C(S)C1=NC(C/C(O)=C/OC)C(C)c2c1cc(C(C)(C)C)c1ccccc21. The van der Waals surface area contributed by atoms with Crippen LogP contribution in [-0.4, -0.2) is 24.0 Å². The number of hydrogen-bond donors (Lipinski definition) is 2. The van der Waals surface area contributed by atoms with Crippen LogP contribution < -0.4 is 0 Å². The van der Waals surface area contributed by atoms with Crippen molar-refractivity contribution in [2.24, 2.45) is 4.99 Å². The second-order valence-corrected chi connectivity index (χ2v) is 9.05. The number of rotatable bonds is 4. The van der Waals surface area contributed by atoms with Gasteiger partial charge in [0.1, 0.15) is 12.0 Å². The zero-order valence-electron chi connectivity index (χ0n) is 17.3. The molecule has 0 radical (unpaired) electrons. The highest BCUT2D eigenvalue weighted by Gasteiger charge is 2.32. The summed E-state index contributed by atoms with van der Waals surface area (Å²) >= 11 is 4.54. The lowest BCUT2D eigenvalue weighted by molar-refractivity contribution is 0.282. The Kier molecular flexibility index (Phi) is 5.62. The van der Waals surface area contributed by atoms with E-state index in [0.717, 1.165) is 11.3 Å². The van der Waals surface area contributed by atoms with Crippen molar-refractivity contribution < 1.29 is 9.84 Å². The van der Waals surface area contributed by atoms with Gasteiger partial charge in [-0.2, -0.15) is 0 Å². The third kappa shape index (κ3) is 3.70. The molecule has 1 aliphatic rings. The minimum atomic E-state index is -0.110. The first-order valence-electron chi connectivity index (χ1n) is 9.58. The second-order valence-electron chi connectivity index (χ2n) is 8.51. The number of aliphatic hydroxyl groups is 1. The molecule has 1 heterocycles. The molecule has 148 valence electrons. The van der Waals surface area contributed by atoms with E-state index in [2.05, 4.69) is 77.2 Å². The molecular formula is C24H29NO2S. The molecular weight excluding hydrogens is 366 g/mol. The molecule has 0 saturated carbocycles. The molecule has 3 nitrogen and oxygen atoms in total. The van der Waals surface area contributed by atoms with E-state index in [1.165, 1.54) is 35.3 Å². The van der Waals surface area contributed by atoms with E-state index in [-0.39, 0.29) is 23.1 Å². The number of allylic oxidation sites excluding steroid dienone is 1. The molecule has 1 N–H and O–H groups in total. The van der Waals surface area contributed by atoms with Crippen LogP contribution in [0, 0.1) is 0 Å². The second kappa shape index (κ2) is 7.67. The van der Waals surface area contributed by atoms with E-state index in [9.17, 15) is 5.11 Å². The Labute approximate surface area is 173 Å². The maximum atomic E-state index is 10.2. The fourth-order valence-corrected chi connectivity index (χ4v) is 4.27. The predicted octanol–water partition coefficient (Wildman–Crippen LogP) is 6.29. The van der Waals surface area contributed by atoms with Crippen LogP contribution in [0.25, 0.3) is 10.8 Å².